The number of ether oxygens (including phenoxy) is 3. The van der Waals surface area contributed by atoms with E-state index in [2.05, 4.69) is 130 Å². The third-order valence-electron chi connectivity index (χ3n) is 13.0. The monoisotopic (exact) mass is 1030 g/mol. The van der Waals surface area contributed by atoms with Crippen molar-refractivity contribution in [1.29, 1.82) is 0 Å². The molecule has 0 aromatic carbocycles. The minimum absolute atomic E-state index is 0.0819. The van der Waals surface area contributed by atoms with Crippen molar-refractivity contribution < 1.29 is 28.6 Å². The zero-order valence-corrected chi connectivity index (χ0v) is 48.3. The molecule has 0 N–H and O–H groups in total. The summed E-state index contributed by atoms with van der Waals surface area (Å²) in [5, 5.41) is 0. The average Bonchev–Trinajstić information content (AvgIpc) is 3.40. The van der Waals surface area contributed by atoms with Crippen LogP contribution in [0.1, 0.15) is 284 Å². The molecule has 0 saturated heterocycles. The van der Waals surface area contributed by atoms with Crippen molar-refractivity contribution in [2.45, 2.75) is 290 Å². The quantitative estimate of drug-likeness (QED) is 0.0261. The van der Waals surface area contributed by atoms with Crippen LogP contribution in [-0.4, -0.2) is 37.2 Å². The minimum Gasteiger partial charge on any atom is -0.462 e. The molecule has 6 heteroatoms. The Morgan fingerprint density at radius 2 is 0.527 bits per heavy atom. The molecule has 422 valence electrons. The summed E-state index contributed by atoms with van der Waals surface area (Å²) >= 11 is 0. The van der Waals surface area contributed by atoms with Crippen molar-refractivity contribution in [2.75, 3.05) is 13.2 Å². The Morgan fingerprint density at radius 3 is 0.838 bits per heavy atom. The Hall–Kier alpha value is -3.93. The first-order valence-corrected chi connectivity index (χ1v) is 30.9. The molecule has 74 heavy (non-hydrogen) atoms. The van der Waals surface area contributed by atoms with E-state index in [-0.39, 0.29) is 31.1 Å². The number of allylic oxidation sites excluding steroid dienone is 18. The smallest absolute Gasteiger partial charge is 0.306 e. The highest BCUT2D eigenvalue weighted by molar-refractivity contribution is 5.71. The van der Waals surface area contributed by atoms with Crippen LogP contribution >= 0.6 is 0 Å². The summed E-state index contributed by atoms with van der Waals surface area (Å²) in [6, 6.07) is 0. The van der Waals surface area contributed by atoms with E-state index in [1.165, 1.54) is 122 Å². The van der Waals surface area contributed by atoms with Crippen molar-refractivity contribution in [1.82, 2.24) is 0 Å². The van der Waals surface area contributed by atoms with Gasteiger partial charge in [0.2, 0.25) is 0 Å². The van der Waals surface area contributed by atoms with Gasteiger partial charge in [-0.25, -0.2) is 0 Å². The van der Waals surface area contributed by atoms with Gasteiger partial charge in [-0.05, 0) is 109 Å². The first-order valence-electron chi connectivity index (χ1n) is 30.9. The van der Waals surface area contributed by atoms with Crippen LogP contribution in [0, 0.1) is 0 Å². The maximum atomic E-state index is 12.8. The number of rotatable bonds is 55. The summed E-state index contributed by atoms with van der Waals surface area (Å²) in [6.07, 6.45) is 84.2. The summed E-state index contributed by atoms with van der Waals surface area (Å²) in [5.74, 6) is -0.903. The molecule has 0 spiro atoms. The first-order chi connectivity index (χ1) is 36.5. The van der Waals surface area contributed by atoms with Crippen LogP contribution < -0.4 is 0 Å². The molecule has 0 radical (unpaired) electrons. The van der Waals surface area contributed by atoms with E-state index in [1.54, 1.807) is 0 Å². The maximum absolute atomic E-state index is 12.8. The van der Waals surface area contributed by atoms with Gasteiger partial charge in [-0.1, -0.05) is 265 Å². The highest BCUT2D eigenvalue weighted by Crippen LogP contribution is 2.15. The summed E-state index contributed by atoms with van der Waals surface area (Å²) < 4.78 is 16.7. The zero-order chi connectivity index (χ0) is 53.6. The molecule has 0 rings (SSSR count). The van der Waals surface area contributed by atoms with Crippen LogP contribution in [0.25, 0.3) is 0 Å². The number of esters is 3. The van der Waals surface area contributed by atoms with Crippen LogP contribution in [0.5, 0.6) is 0 Å². The van der Waals surface area contributed by atoms with Gasteiger partial charge in [-0.15, -0.1) is 0 Å². The van der Waals surface area contributed by atoms with E-state index in [1.807, 2.05) is 0 Å². The van der Waals surface area contributed by atoms with Gasteiger partial charge < -0.3 is 14.2 Å². The van der Waals surface area contributed by atoms with E-state index < -0.39 is 6.10 Å². The third-order valence-corrected chi connectivity index (χ3v) is 13.0. The second-order valence-corrected chi connectivity index (χ2v) is 20.2. The Morgan fingerprint density at radius 1 is 0.284 bits per heavy atom. The molecule has 0 aromatic heterocycles. The molecule has 0 amide bonds. The standard InChI is InChI=1S/C68H114O6/c1-4-7-10-13-15-17-19-21-23-25-27-28-29-30-31-32-33-34-35-36-37-38-39-40-41-43-44-46-48-50-52-55-58-61-67(70)73-64-65(63-72-66(69)60-57-54-12-9-6-3)74-68(71)62-59-56-53-51-49-47-45-42-26-24-22-20-18-16-14-11-8-5-2/h7,10,15,17-18,20-21,23-24,26-28,30-31,33-34,36-37,65H,4-6,8-9,11-14,16,19,22,25,29,32,35,38-64H2,1-3H3/b10-7-,17-15-,20-18-,23-21-,26-24-,28-27-,31-30-,34-33-,37-36-. The van der Waals surface area contributed by atoms with Crippen molar-refractivity contribution in [3.63, 3.8) is 0 Å². The average molecular weight is 1030 g/mol. The zero-order valence-electron chi connectivity index (χ0n) is 48.3. The predicted molar refractivity (Wildman–Crippen MR) is 320 cm³/mol. The van der Waals surface area contributed by atoms with Gasteiger partial charge >= 0.3 is 17.9 Å². The highest BCUT2D eigenvalue weighted by Gasteiger charge is 2.19. The lowest BCUT2D eigenvalue weighted by atomic mass is 10.0. The maximum Gasteiger partial charge on any atom is 0.306 e. The molecule has 0 heterocycles. The molecule has 0 saturated carbocycles. The highest BCUT2D eigenvalue weighted by atomic mass is 16.6. The summed E-state index contributed by atoms with van der Waals surface area (Å²) in [7, 11) is 0. The lowest BCUT2D eigenvalue weighted by molar-refractivity contribution is -0.167. The van der Waals surface area contributed by atoms with Gasteiger partial charge in [-0.2, -0.15) is 0 Å². The molecule has 1 atom stereocenters. The molecule has 0 aromatic rings. The largest absolute Gasteiger partial charge is 0.462 e. The Kier molecular flexibility index (Phi) is 58.3. The fourth-order valence-corrected chi connectivity index (χ4v) is 8.39. The first kappa shape index (κ1) is 70.1. The second kappa shape index (κ2) is 61.6. The van der Waals surface area contributed by atoms with Gasteiger partial charge in [0.05, 0.1) is 0 Å². The number of carbonyl (C=O) groups excluding carboxylic acids is 3. The summed E-state index contributed by atoms with van der Waals surface area (Å²) in [6.45, 7) is 6.42. The fourth-order valence-electron chi connectivity index (χ4n) is 8.39. The molecule has 6 nitrogen and oxygen atoms in total. The van der Waals surface area contributed by atoms with E-state index in [0.29, 0.717) is 19.3 Å². The Bertz CT molecular complexity index is 1510. The van der Waals surface area contributed by atoms with E-state index in [4.69, 9.17) is 14.2 Å². The second-order valence-electron chi connectivity index (χ2n) is 20.2. The van der Waals surface area contributed by atoms with Gasteiger partial charge in [0, 0.05) is 19.3 Å². The predicted octanol–water partition coefficient (Wildman–Crippen LogP) is 21.0. The number of unbranched alkanes of at least 4 members (excludes halogenated alkanes) is 26. The lowest BCUT2D eigenvalue weighted by Crippen LogP contribution is -2.30. The Labute approximate surface area is 457 Å². The van der Waals surface area contributed by atoms with E-state index in [9.17, 15) is 14.4 Å². The molecule has 0 aliphatic carbocycles. The fraction of sp³-hybridized carbons (Fsp3) is 0.691. The van der Waals surface area contributed by atoms with Crippen molar-refractivity contribution in [3.05, 3.63) is 109 Å². The SMILES string of the molecule is CC/C=C\C/C=C\C/C=C\C/C=C\C/C=C\C/C=C\C/C=C\CCCCCCCCCCCCCC(=O)OCC(COC(=O)CCCCCCC)OC(=O)CCCCCCCCC/C=C\C/C=C\CCCCCC. The molecule has 0 bridgehead atoms. The molecule has 0 aliphatic rings. The van der Waals surface area contributed by atoms with Crippen molar-refractivity contribution in [3.8, 4) is 0 Å². The van der Waals surface area contributed by atoms with E-state index in [0.717, 1.165) is 122 Å². The normalized spacial score (nSPS) is 12.9. The summed E-state index contributed by atoms with van der Waals surface area (Å²) in [4.78, 5) is 37.9. The van der Waals surface area contributed by atoms with Gasteiger partial charge in [-0.3, -0.25) is 14.4 Å². The third kappa shape index (κ3) is 59.0. The van der Waals surface area contributed by atoms with Gasteiger partial charge in [0.25, 0.3) is 0 Å². The van der Waals surface area contributed by atoms with Crippen molar-refractivity contribution >= 4 is 17.9 Å². The van der Waals surface area contributed by atoms with E-state index >= 15 is 0 Å². The molecule has 0 aliphatic heterocycles. The van der Waals surface area contributed by atoms with Gasteiger partial charge in [0.15, 0.2) is 6.10 Å². The molecule has 0 fully saturated rings. The minimum atomic E-state index is -0.780. The van der Waals surface area contributed by atoms with Gasteiger partial charge in [0.1, 0.15) is 13.2 Å². The molecular weight excluding hydrogens is 913 g/mol. The molecular formula is C68H114O6. The lowest BCUT2D eigenvalue weighted by Gasteiger charge is -2.18. The van der Waals surface area contributed by atoms with Crippen LogP contribution in [0.2, 0.25) is 0 Å². The number of carbonyl (C=O) groups is 3. The number of hydrogen-bond acceptors (Lipinski definition) is 6. The molecule has 1 unspecified atom stereocenters. The van der Waals surface area contributed by atoms with Crippen LogP contribution in [0.3, 0.4) is 0 Å². The van der Waals surface area contributed by atoms with Crippen LogP contribution in [0.4, 0.5) is 0 Å². The van der Waals surface area contributed by atoms with Crippen molar-refractivity contribution in [2.24, 2.45) is 0 Å². The summed E-state index contributed by atoms with van der Waals surface area (Å²) in [5.41, 5.74) is 0. The Balaban J connectivity index is 4.04. The van der Waals surface area contributed by atoms with Crippen LogP contribution in [0.15, 0.2) is 109 Å². The number of hydrogen-bond donors (Lipinski definition) is 0. The van der Waals surface area contributed by atoms with Crippen LogP contribution in [-0.2, 0) is 28.6 Å². The topological polar surface area (TPSA) is 78.9 Å².